The molecule has 1 aliphatic carbocycles. The van der Waals surface area contributed by atoms with Gasteiger partial charge in [-0.15, -0.1) is 0 Å². The number of rotatable bonds is 9. The van der Waals surface area contributed by atoms with E-state index in [-0.39, 0.29) is 11.7 Å². The van der Waals surface area contributed by atoms with Crippen molar-refractivity contribution in [1.82, 2.24) is 19.3 Å². The second kappa shape index (κ2) is 10.5. The zero-order chi connectivity index (χ0) is 27.0. The number of carbonyl (C=O) groups excluding carboxylic acids is 1. The minimum absolute atomic E-state index is 0.0105. The summed E-state index contributed by atoms with van der Waals surface area (Å²) in [4.78, 5) is 31.1. The Hall–Kier alpha value is -3.24. The molecule has 2 fully saturated rings. The molecule has 1 aliphatic heterocycles. The molecule has 1 saturated heterocycles. The van der Waals surface area contributed by atoms with Gasteiger partial charge in [-0.05, 0) is 45.6 Å². The van der Waals surface area contributed by atoms with E-state index in [1.165, 1.54) is 4.68 Å². The Morgan fingerprint density at radius 3 is 2.55 bits per heavy atom. The number of hydrogen-bond acceptors (Lipinski definition) is 7. The third kappa shape index (κ3) is 4.71. The Labute approximate surface area is 222 Å². The number of carbonyl (C=O) groups is 1. The summed E-state index contributed by atoms with van der Waals surface area (Å²) >= 11 is 0. The van der Waals surface area contributed by atoms with Crippen molar-refractivity contribution >= 4 is 16.9 Å². The second-order valence-electron chi connectivity index (χ2n) is 10.8. The Kier molecular flexibility index (Phi) is 7.28. The number of primary amides is 1. The highest BCUT2D eigenvalue weighted by Gasteiger charge is 2.35. The fraction of sp³-hybridized carbons (Fsp3) is 0.571. The number of para-hydroxylation sites is 1. The number of methoxy groups -OCH3 is 1. The van der Waals surface area contributed by atoms with Crippen LogP contribution in [0.15, 0.2) is 29.1 Å². The standard InChI is InChI=1S/C28H37N5O5/c1-28(2,27(29)35)33-26(34)24-23(30-25(32(24)3)17-8-7-9-17)20(31-33)16-22(38-18-12-14-37-15-13-18)19-10-5-6-11-21(19)36-4/h5-6,10-11,17-18,22H,7-9,12-16H2,1-4H3,(H2,29,35)/t22-/m0/s1. The van der Waals surface area contributed by atoms with Crippen LogP contribution in [-0.4, -0.2) is 51.7 Å². The van der Waals surface area contributed by atoms with E-state index in [0.717, 1.165) is 43.5 Å². The fourth-order valence-corrected chi connectivity index (χ4v) is 5.31. The average molecular weight is 524 g/mol. The molecule has 1 atom stereocenters. The van der Waals surface area contributed by atoms with Crippen molar-refractivity contribution < 1.29 is 19.0 Å². The first-order valence-corrected chi connectivity index (χ1v) is 13.4. The molecule has 38 heavy (non-hydrogen) atoms. The van der Waals surface area contributed by atoms with E-state index in [0.29, 0.717) is 48.0 Å². The van der Waals surface area contributed by atoms with Crippen LogP contribution in [0.4, 0.5) is 0 Å². The van der Waals surface area contributed by atoms with E-state index in [1.807, 2.05) is 35.9 Å². The molecule has 10 nitrogen and oxygen atoms in total. The molecule has 2 N–H and O–H groups in total. The van der Waals surface area contributed by atoms with Crippen LogP contribution in [0, 0.1) is 0 Å². The van der Waals surface area contributed by atoms with Gasteiger partial charge in [-0.3, -0.25) is 9.59 Å². The van der Waals surface area contributed by atoms with Gasteiger partial charge in [-0.25, -0.2) is 9.67 Å². The summed E-state index contributed by atoms with van der Waals surface area (Å²) in [7, 11) is 3.51. The minimum Gasteiger partial charge on any atom is -0.496 e. The monoisotopic (exact) mass is 523 g/mol. The molecule has 2 aromatic heterocycles. The molecule has 10 heteroatoms. The van der Waals surface area contributed by atoms with Crippen LogP contribution >= 0.6 is 0 Å². The van der Waals surface area contributed by atoms with Crippen LogP contribution in [0.2, 0.25) is 0 Å². The van der Waals surface area contributed by atoms with Crippen LogP contribution in [0.25, 0.3) is 11.0 Å². The number of fused-ring (bicyclic) bond motifs is 1. The number of hydrogen-bond donors (Lipinski definition) is 1. The number of aryl methyl sites for hydroxylation is 1. The van der Waals surface area contributed by atoms with Gasteiger partial charge < -0.3 is 24.5 Å². The SMILES string of the molecule is COc1ccccc1[C@H](Cc1nn(C(C)(C)C(N)=O)c(=O)c2c1nc(C1CCC1)n2C)OC1CCOCC1. The molecule has 1 amide bonds. The fourth-order valence-electron chi connectivity index (χ4n) is 5.31. The van der Waals surface area contributed by atoms with Crippen LogP contribution in [-0.2, 0) is 33.3 Å². The highest BCUT2D eigenvalue weighted by atomic mass is 16.5. The van der Waals surface area contributed by atoms with Crippen molar-refractivity contribution in [1.29, 1.82) is 0 Å². The lowest BCUT2D eigenvalue weighted by molar-refractivity contribution is -0.125. The molecule has 0 radical (unpaired) electrons. The van der Waals surface area contributed by atoms with E-state index < -0.39 is 17.6 Å². The van der Waals surface area contributed by atoms with Crippen molar-refractivity contribution in [2.45, 2.75) is 76.0 Å². The number of benzene rings is 1. The maximum absolute atomic E-state index is 13.7. The van der Waals surface area contributed by atoms with Gasteiger partial charge in [0, 0.05) is 38.2 Å². The number of amides is 1. The quantitative estimate of drug-likeness (QED) is 0.457. The normalized spacial score (nSPS) is 17.9. The first-order chi connectivity index (χ1) is 18.2. The van der Waals surface area contributed by atoms with Crippen LogP contribution < -0.4 is 16.0 Å². The van der Waals surface area contributed by atoms with Gasteiger partial charge in [0.1, 0.15) is 28.1 Å². The summed E-state index contributed by atoms with van der Waals surface area (Å²) < 4.78 is 21.0. The summed E-state index contributed by atoms with van der Waals surface area (Å²) in [5.41, 5.74) is 6.46. The van der Waals surface area contributed by atoms with Gasteiger partial charge in [-0.1, -0.05) is 24.6 Å². The molecule has 0 unspecified atom stereocenters. The number of nitrogens with zero attached hydrogens (tertiary/aromatic N) is 4. The highest BCUT2D eigenvalue weighted by Crippen LogP contribution is 2.38. The van der Waals surface area contributed by atoms with Crippen LogP contribution in [0.1, 0.15) is 75.1 Å². The van der Waals surface area contributed by atoms with E-state index >= 15 is 0 Å². The summed E-state index contributed by atoms with van der Waals surface area (Å²) in [6.07, 6.45) is 4.74. The van der Waals surface area contributed by atoms with Crippen molar-refractivity contribution in [3.8, 4) is 5.75 Å². The highest BCUT2D eigenvalue weighted by molar-refractivity contribution is 5.83. The first-order valence-electron chi connectivity index (χ1n) is 13.4. The molecule has 0 bridgehead atoms. The van der Waals surface area contributed by atoms with Crippen molar-refractivity contribution in [3.63, 3.8) is 0 Å². The lowest BCUT2D eigenvalue weighted by atomic mass is 9.85. The van der Waals surface area contributed by atoms with Crippen molar-refractivity contribution in [2.24, 2.45) is 12.8 Å². The van der Waals surface area contributed by atoms with Gasteiger partial charge >= 0.3 is 0 Å². The van der Waals surface area contributed by atoms with Crippen molar-refractivity contribution in [2.75, 3.05) is 20.3 Å². The number of aromatic nitrogens is 4. The zero-order valence-corrected chi connectivity index (χ0v) is 22.6. The second-order valence-corrected chi connectivity index (χ2v) is 10.8. The molecule has 0 spiro atoms. The van der Waals surface area contributed by atoms with E-state index in [2.05, 4.69) is 0 Å². The zero-order valence-electron chi connectivity index (χ0n) is 22.6. The van der Waals surface area contributed by atoms with E-state index in [9.17, 15) is 9.59 Å². The van der Waals surface area contributed by atoms with Gasteiger partial charge in [-0.2, -0.15) is 5.10 Å². The molecular weight excluding hydrogens is 486 g/mol. The lowest BCUT2D eigenvalue weighted by Gasteiger charge is -2.29. The summed E-state index contributed by atoms with van der Waals surface area (Å²) in [6, 6.07) is 7.77. The van der Waals surface area contributed by atoms with Crippen LogP contribution in [0.5, 0.6) is 5.75 Å². The van der Waals surface area contributed by atoms with Crippen molar-refractivity contribution in [3.05, 3.63) is 51.7 Å². The van der Waals surface area contributed by atoms with Gasteiger partial charge in [0.15, 0.2) is 0 Å². The minimum atomic E-state index is -1.33. The Morgan fingerprint density at radius 1 is 1.21 bits per heavy atom. The number of imidazole rings is 1. The first kappa shape index (κ1) is 26.4. The third-order valence-corrected chi connectivity index (χ3v) is 8.01. The molecule has 1 saturated carbocycles. The van der Waals surface area contributed by atoms with Gasteiger partial charge in [0.2, 0.25) is 5.91 Å². The predicted molar refractivity (Wildman–Crippen MR) is 142 cm³/mol. The van der Waals surface area contributed by atoms with E-state index in [4.69, 9.17) is 30.0 Å². The molecule has 1 aromatic carbocycles. The van der Waals surface area contributed by atoms with E-state index in [1.54, 1.807) is 21.0 Å². The number of ether oxygens (including phenoxy) is 3. The molecule has 204 valence electrons. The number of nitrogens with two attached hydrogens (primary N) is 1. The Balaban J connectivity index is 1.67. The molecule has 5 rings (SSSR count). The molecular formula is C28H37N5O5. The summed E-state index contributed by atoms with van der Waals surface area (Å²) in [5.74, 6) is 1.25. The smallest absolute Gasteiger partial charge is 0.293 e. The maximum atomic E-state index is 13.7. The third-order valence-electron chi connectivity index (χ3n) is 8.01. The largest absolute Gasteiger partial charge is 0.496 e. The predicted octanol–water partition coefficient (Wildman–Crippen LogP) is 3.11. The molecule has 3 heterocycles. The Morgan fingerprint density at radius 2 is 1.92 bits per heavy atom. The maximum Gasteiger partial charge on any atom is 0.293 e. The Bertz CT molecular complexity index is 1380. The average Bonchev–Trinajstić information content (AvgIpc) is 3.21. The molecule has 3 aromatic rings. The topological polar surface area (TPSA) is 123 Å². The lowest BCUT2D eigenvalue weighted by Crippen LogP contribution is -2.48. The van der Waals surface area contributed by atoms with Gasteiger partial charge in [0.25, 0.3) is 5.56 Å². The molecule has 2 aliphatic rings. The summed E-state index contributed by atoms with van der Waals surface area (Å²) in [6.45, 7) is 4.51. The van der Waals surface area contributed by atoms with Gasteiger partial charge in [0.05, 0.1) is 25.0 Å². The summed E-state index contributed by atoms with van der Waals surface area (Å²) in [5, 5.41) is 4.75. The van der Waals surface area contributed by atoms with Crippen LogP contribution in [0.3, 0.4) is 0 Å².